The standard InChI is InChI=1S/C21H23ClN2O4S2/c1-12-2-7-16-17(10-12)29-21(24-19(25)13-3-5-14(22)6-4-13)18(16)20(26)23-15-8-9-30(27,28)11-15/h3-6,12,15H,2,7-11H2,1H3,(H,23,26)(H,24,25). The molecule has 1 aliphatic heterocycles. The maximum Gasteiger partial charge on any atom is 0.256 e. The highest BCUT2D eigenvalue weighted by Gasteiger charge is 2.33. The van der Waals surface area contributed by atoms with Crippen LogP contribution in [0.25, 0.3) is 0 Å². The third kappa shape index (κ3) is 4.55. The summed E-state index contributed by atoms with van der Waals surface area (Å²) in [6.07, 6.45) is 3.04. The second-order valence-electron chi connectivity index (χ2n) is 8.09. The van der Waals surface area contributed by atoms with Crippen molar-refractivity contribution in [1.82, 2.24) is 5.32 Å². The summed E-state index contributed by atoms with van der Waals surface area (Å²) in [5.41, 5.74) is 1.91. The lowest BCUT2D eigenvalue weighted by molar-refractivity contribution is 0.0941. The number of amides is 2. The van der Waals surface area contributed by atoms with Crippen LogP contribution < -0.4 is 10.6 Å². The van der Waals surface area contributed by atoms with Crippen molar-refractivity contribution in [2.75, 3.05) is 16.8 Å². The lowest BCUT2D eigenvalue weighted by Crippen LogP contribution is -2.36. The Balaban J connectivity index is 1.62. The summed E-state index contributed by atoms with van der Waals surface area (Å²) >= 11 is 7.34. The Hall–Kier alpha value is -1.90. The number of halogens is 1. The number of carbonyl (C=O) groups excluding carboxylic acids is 2. The molecule has 2 unspecified atom stereocenters. The van der Waals surface area contributed by atoms with E-state index in [1.165, 1.54) is 11.3 Å². The molecule has 0 radical (unpaired) electrons. The molecular weight excluding hydrogens is 444 g/mol. The molecular formula is C21H23ClN2O4S2. The van der Waals surface area contributed by atoms with Crippen LogP contribution in [0.5, 0.6) is 0 Å². The topological polar surface area (TPSA) is 92.3 Å². The number of nitrogens with one attached hydrogen (secondary N) is 2. The van der Waals surface area contributed by atoms with Crippen molar-refractivity contribution in [3.05, 3.63) is 50.9 Å². The van der Waals surface area contributed by atoms with Gasteiger partial charge in [-0.2, -0.15) is 0 Å². The highest BCUT2D eigenvalue weighted by Crippen LogP contribution is 2.40. The van der Waals surface area contributed by atoms with E-state index in [0.29, 0.717) is 33.5 Å². The molecule has 2 aromatic rings. The molecule has 6 nitrogen and oxygen atoms in total. The molecule has 4 rings (SSSR count). The van der Waals surface area contributed by atoms with Gasteiger partial charge in [0, 0.05) is 21.5 Å². The number of hydrogen-bond acceptors (Lipinski definition) is 5. The first-order valence-electron chi connectivity index (χ1n) is 9.94. The van der Waals surface area contributed by atoms with Gasteiger partial charge in [0.25, 0.3) is 11.8 Å². The molecule has 2 heterocycles. The van der Waals surface area contributed by atoms with Gasteiger partial charge in [0.2, 0.25) is 0 Å². The molecule has 1 aromatic carbocycles. The van der Waals surface area contributed by atoms with E-state index in [-0.39, 0.29) is 29.4 Å². The van der Waals surface area contributed by atoms with E-state index in [1.54, 1.807) is 24.3 Å². The van der Waals surface area contributed by atoms with Gasteiger partial charge in [-0.05, 0) is 61.4 Å². The molecule has 160 valence electrons. The van der Waals surface area contributed by atoms with Crippen molar-refractivity contribution in [3.63, 3.8) is 0 Å². The predicted octanol–water partition coefficient (Wildman–Crippen LogP) is 3.70. The number of rotatable bonds is 4. The minimum absolute atomic E-state index is 0.0332. The smallest absolute Gasteiger partial charge is 0.256 e. The molecule has 1 saturated heterocycles. The van der Waals surface area contributed by atoms with Crippen LogP contribution in [0.2, 0.25) is 5.02 Å². The Bertz CT molecular complexity index is 1090. The largest absolute Gasteiger partial charge is 0.348 e. The van der Waals surface area contributed by atoms with Crippen molar-refractivity contribution in [2.24, 2.45) is 5.92 Å². The minimum Gasteiger partial charge on any atom is -0.348 e. The third-order valence-corrected chi connectivity index (χ3v) is 8.83. The summed E-state index contributed by atoms with van der Waals surface area (Å²) in [4.78, 5) is 27.0. The Kier molecular flexibility index (Phi) is 5.92. The zero-order chi connectivity index (χ0) is 21.5. The second kappa shape index (κ2) is 8.32. The van der Waals surface area contributed by atoms with E-state index < -0.39 is 9.84 Å². The molecule has 30 heavy (non-hydrogen) atoms. The van der Waals surface area contributed by atoms with Crippen molar-refractivity contribution in [2.45, 2.75) is 38.6 Å². The van der Waals surface area contributed by atoms with Gasteiger partial charge in [-0.15, -0.1) is 11.3 Å². The Morgan fingerprint density at radius 1 is 1.13 bits per heavy atom. The molecule has 1 aromatic heterocycles. The monoisotopic (exact) mass is 466 g/mol. The fraction of sp³-hybridized carbons (Fsp3) is 0.429. The number of benzene rings is 1. The predicted molar refractivity (Wildman–Crippen MR) is 119 cm³/mol. The van der Waals surface area contributed by atoms with Gasteiger partial charge in [-0.1, -0.05) is 18.5 Å². The maximum absolute atomic E-state index is 13.1. The second-order valence-corrected chi connectivity index (χ2v) is 11.9. The fourth-order valence-electron chi connectivity index (χ4n) is 4.02. The first-order valence-corrected chi connectivity index (χ1v) is 13.0. The lowest BCUT2D eigenvalue weighted by Gasteiger charge is -2.19. The molecule has 1 aliphatic carbocycles. The molecule has 1 fully saturated rings. The van der Waals surface area contributed by atoms with Crippen LogP contribution in [0.1, 0.15) is 50.9 Å². The summed E-state index contributed by atoms with van der Waals surface area (Å²) in [6.45, 7) is 2.18. The molecule has 0 spiro atoms. The van der Waals surface area contributed by atoms with Gasteiger partial charge in [0.05, 0.1) is 17.1 Å². The van der Waals surface area contributed by atoms with Crippen LogP contribution in [0.3, 0.4) is 0 Å². The van der Waals surface area contributed by atoms with Crippen LogP contribution in [-0.2, 0) is 22.7 Å². The van der Waals surface area contributed by atoms with Crippen LogP contribution in [0.4, 0.5) is 5.00 Å². The summed E-state index contributed by atoms with van der Waals surface area (Å²) in [5, 5.41) is 6.84. The SMILES string of the molecule is CC1CCc2c(sc(NC(=O)c3ccc(Cl)cc3)c2C(=O)NC2CCS(=O)(=O)C2)C1. The van der Waals surface area contributed by atoms with E-state index in [0.717, 1.165) is 29.7 Å². The number of fused-ring (bicyclic) bond motifs is 1. The molecule has 0 bridgehead atoms. The quantitative estimate of drug-likeness (QED) is 0.718. The summed E-state index contributed by atoms with van der Waals surface area (Å²) in [7, 11) is -3.10. The lowest BCUT2D eigenvalue weighted by atomic mass is 9.88. The highest BCUT2D eigenvalue weighted by molar-refractivity contribution is 7.91. The number of hydrogen-bond donors (Lipinski definition) is 2. The average molecular weight is 467 g/mol. The Labute approximate surface area is 184 Å². The zero-order valence-electron chi connectivity index (χ0n) is 16.5. The number of thiophene rings is 1. The number of carbonyl (C=O) groups is 2. The van der Waals surface area contributed by atoms with E-state index in [2.05, 4.69) is 17.6 Å². The molecule has 0 saturated carbocycles. The van der Waals surface area contributed by atoms with E-state index in [4.69, 9.17) is 11.6 Å². The number of sulfone groups is 1. The first-order chi connectivity index (χ1) is 14.2. The Morgan fingerprint density at radius 2 is 1.87 bits per heavy atom. The first kappa shape index (κ1) is 21.3. The van der Waals surface area contributed by atoms with Crippen LogP contribution in [0, 0.1) is 5.92 Å². The van der Waals surface area contributed by atoms with E-state index in [1.807, 2.05) is 0 Å². The number of anilines is 1. The van der Waals surface area contributed by atoms with Crippen molar-refractivity contribution >= 4 is 49.6 Å². The van der Waals surface area contributed by atoms with E-state index >= 15 is 0 Å². The van der Waals surface area contributed by atoms with Gasteiger partial charge in [0.1, 0.15) is 5.00 Å². The molecule has 2 amide bonds. The summed E-state index contributed by atoms with van der Waals surface area (Å²) < 4.78 is 23.5. The van der Waals surface area contributed by atoms with Crippen LogP contribution in [-0.4, -0.2) is 37.8 Å². The van der Waals surface area contributed by atoms with Gasteiger partial charge in [-0.25, -0.2) is 8.42 Å². The minimum atomic E-state index is -3.10. The fourth-order valence-corrected chi connectivity index (χ4v) is 7.22. The van der Waals surface area contributed by atoms with Crippen LogP contribution in [0.15, 0.2) is 24.3 Å². The van der Waals surface area contributed by atoms with Crippen molar-refractivity contribution in [3.8, 4) is 0 Å². The zero-order valence-corrected chi connectivity index (χ0v) is 18.9. The van der Waals surface area contributed by atoms with Crippen molar-refractivity contribution in [1.29, 1.82) is 0 Å². The average Bonchev–Trinajstić information content (AvgIpc) is 3.20. The third-order valence-electron chi connectivity index (χ3n) is 5.64. The normalized spacial score (nSPS) is 22.3. The van der Waals surface area contributed by atoms with E-state index in [9.17, 15) is 18.0 Å². The summed E-state index contributed by atoms with van der Waals surface area (Å²) in [6, 6.07) is 6.17. The van der Waals surface area contributed by atoms with Crippen molar-refractivity contribution < 1.29 is 18.0 Å². The van der Waals surface area contributed by atoms with Crippen LogP contribution >= 0.6 is 22.9 Å². The maximum atomic E-state index is 13.1. The Morgan fingerprint density at radius 3 is 2.53 bits per heavy atom. The van der Waals surface area contributed by atoms with Gasteiger partial charge < -0.3 is 10.6 Å². The molecule has 9 heteroatoms. The molecule has 2 aliphatic rings. The highest BCUT2D eigenvalue weighted by atomic mass is 35.5. The van der Waals surface area contributed by atoms with Gasteiger partial charge in [0.15, 0.2) is 9.84 Å². The van der Waals surface area contributed by atoms with Gasteiger partial charge in [-0.3, -0.25) is 9.59 Å². The summed E-state index contributed by atoms with van der Waals surface area (Å²) in [5.74, 6) is -0.0374. The molecule has 2 N–H and O–H groups in total. The molecule has 2 atom stereocenters. The van der Waals surface area contributed by atoms with Gasteiger partial charge >= 0.3 is 0 Å².